The van der Waals surface area contributed by atoms with Gasteiger partial charge in [-0.3, -0.25) is 9.59 Å². The fourth-order valence-corrected chi connectivity index (χ4v) is 1.78. The highest BCUT2D eigenvalue weighted by molar-refractivity contribution is 5.97. The van der Waals surface area contributed by atoms with Gasteiger partial charge in [-0.2, -0.15) is 0 Å². The van der Waals surface area contributed by atoms with Crippen LogP contribution in [-0.2, 0) is 9.59 Å². The van der Waals surface area contributed by atoms with Gasteiger partial charge in [0.25, 0.3) is 0 Å². The standard InChI is InChI=1S/C16H24N2O2/c1-10-7-11(2)9-13(8-10)18-14(19)12(3)17-15(20)16(4,5)6/h7-9,12H,1-6H3,(H,17,20)(H,18,19)/t12-/m0/s1. The summed E-state index contributed by atoms with van der Waals surface area (Å²) in [6, 6.07) is 5.29. The molecule has 0 saturated heterocycles. The molecule has 0 unspecified atom stereocenters. The smallest absolute Gasteiger partial charge is 0.246 e. The van der Waals surface area contributed by atoms with Crippen LogP contribution in [0.25, 0.3) is 0 Å². The highest BCUT2D eigenvalue weighted by atomic mass is 16.2. The first-order chi connectivity index (χ1) is 9.09. The lowest BCUT2D eigenvalue weighted by Gasteiger charge is -2.21. The Morgan fingerprint density at radius 1 is 1.05 bits per heavy atom. The molecule has 0 bridgehead atoms. The molecular formula is C16H24N2O2. The van der Waals surface area contributed by atoms with E-state index in [1.54, 1.807) is 6.92 Å². The number of aryl methyl sites for hydroxylation is 2. The first-order valence-electron chi connectivity index (χ1n) is 6.79. The Kier molecular flexibility index (Phi) is 4.93. The summed E-state index contributed by atoms with van der Waals surface area (Å²) in [7, 11) is 0. The Balaban J connectivity index is 2.69. The molecule has 4 heteroatoms. The monoisotopic (exact) mass is 276 g/mol. The minimum atomic E-state index is -0.567. The van der Waals surface area contributed by atoms with Crippen molar-refractivity contribution < 1.29 is 9.59 Å². The van der Waals surface area contributed by atoms with Crippen LogP contribution in [0.5, 0.6) is 0 Å². The van der Waals surface area contributed by atoms with Crippen molar-refractivity contribution in [3.8, 4) is 0 Å². The van der Waals surface area contributed by atoms with Crippen LogP contribution < -0.4 is 10.6 Å². The van der Waals surface area contributed by atoms with Gasteiger partial charge in [0.1, 0.15) is 6.04 Å². The molecule has 110 valence electrons. The number of rotatable bonds is 3. The lowest BCUT2D eigenvalue weighted by atomic mass is 9.95. The summed E-state index contributed by atoms with van der Waals surface area (Å²) < 4.78 is 0. The van der Waals surface area contributed by atoms with Crippen molar-refractivity contribution in [3.05, 3.63) is 29.3 Å². The molecule has 1 rings (SSSR count). The van der Waals surface area contributed by atoms with Gasteiger partial charge in [-0.1, -0.05) is 26.8 Å². The van der Waals surface area contributed by atoms with Crippen molar-refractivity contribution >= 4 is 17.5 Å². The summed E-state index contributed by atoms with van der Waals surface area (Å²) in [5.74, 6) is -0.354. The van der Waals surface area contributed by atoms with E-state index in [-0.39, 0.29) is 11.8 Å². The first-order valence-corrected chi connectivity index (χ1v) is 6.79. The number of hydrogen-bond donors (Lipinski definition) is 2. The number of benzene rings is 1. The normalized spacial score (nSPS) is 12.7. The van der Waals surface area contributed by atoms with Crippen molar-refractivity contribution in [2.24, 2.45) is 5.41 Å². The van der Waals surface area contributed by atoms with Crippen LogP contribution >= 0.6 is 0 Å². The molecule has 4 nitrogen and oxygen atoms in total. The molecule has 0 aliphatic carbocycles. The lowest BCUT2D eigenvalue weighted by Crippen LogP contribution is -2.46. The Bertz CT molecular complexity index is 495. The summed E-state index contributed by atoms with van der Waals surface area (Å²) in [6.07, 6.45) is 0. The van der Waals surface area contributed by atoms with Crippen LogP contribution in [0.3, 0.4) is 0 Å². The SMILES string of the molecule is Cc1cc(C)cc(NC(=O)[C@H](C)NC(=O)C(C)(C)C)c1. The number of carbonyl (C=O) groups is 2. The molecule has 0 spiro atoms. The van der Waals surface area contributed by atoms with E-state index in [9.17, 15) is 9.59 Å². The minimum Gasteiger partial charge on any atom is -0.344 e. The molecule has 20 heavy (non-hydrogen) atoms. The third kappa shape index (κ3) is 4.68. The molecule has 0 fully saturated rings. The van der Waals surface area contributed by atoms with Crippen LogP contribution in [0.1, 0.15) is 38.8 Å². The quantitative estimate of drug-likeness (QED) is 0.892. The average molecular weight is 276 g/mol. The van der Waals surface area contributed by atoms with Crippen LogP contribution in [0.15, 0.2) is 18.2 Å². The number of nitrogens with one attached hydrogen (secondary N) is 2. The largest absolute Gasteiger partial charge is 0.344 e. The number of anilines is 1. The second kappa shape index (κ2) is 6.07. The van der Waals surface area contributed by atoms with Gasteiger partial charge in [0, 0.05) is 11.1 Å². The molecule has 2 N–H and O–H groups in total. The van der Waals surface area contributed by atoms with Gasteiger partial charge in [-0.25, -0.2) is 0 Å². The number of hydrogen-bond acceptors (Lipinski definition) is 2. The fraction of sp³-hybridized carbons (Fsp3) is 0.500. The van der Waals surface area contributed by atoms with Crippen LogP contribution in [0, 0.1) is 19.3 Å². The van der Waals surface area contributed by atoms with Gasteiger partial charge in [-0.15, -0.1) is 0 Å². The molecular weight excluding hydrogens is 252 g/mol. The molecule has 1 aromatic carbocycles. The lowest BCUT2D eigenvalue weighted by molar-refractivity contribution is -0.131. The summed E-state index contributed by atoms with van der Waals surface area (Å²) in [4.78, 5) is 23.9. The third-order valence-corrected chi connectivity index (χ3v) is 2.91. The summed E-state index contributed by atoms with van der Waals surface area (Å²) >= 11 is 0. The molecule has 0 heterocycles. The van der Waals surface area contributed by atoms with Crippen LogP contribution in [0.2, 0.25) is 0 Å². The predicted molar refractivity (Wildman–Crippen MR) is 81.6 cm³/mol. The van der Waals surface area contributed by atoms with Gasteiger partial charge >= 0.3 is 0 Å². The van der Waals surface area contributed by atoms with Gasteiger partial charge < -0.3 is 10.6 Å². The Labute approximate surface area is 121 Å². The Morgan fingerprint density at radius 3 is 2.00 bits per heavy atom. The Hall–Kier alpha value is -1.84. The van der Waals surface area contributed by atoms with Crippen molar-refractivity contribution in [3.63, 3.8) is 0 Å². The van der Waals surface area contributed by atoms with Gasteiger partial charge in [-0.05, 0) is 44.0 Å². The van der Waals surface area contributed by atoms with E-state index in [0.29, 0.717) is 0 Å². The van der Waals surface area contributed by atoms with E-state index in [4.69, 9.17) is 0 Å². The minimum absolute atomic E-state index is 0.138. The molecule has 0 aromatic heterocycles. The molecule has 1 aromatic rings. The topological polar surface area (TPSA) is 58.2 Å². The van der Waals surface area contributed by atoms with E-state index in [2.05, 4.69) is 10.6 Å². The van der Waals surface area contributed by atoms with E-state index < -0.39 is 11.5 Å². The van der Waals surface area contributed by atoms with Crippen molar-refractivity contribution in [1.82, 2.24) is 5.32 Å². The van der Waals surface area contributed by atoms with Crippen molar-refractivity contribution in [2.75, 3.05) is 5.32 Å². The molecule has 1 atom stereocenters. The zero-order chi connectivity index (χ0) is 15.5. The van der Waals surface area contributed by atoms with Crippen molar-refractivity contribution in [2.45, 2.75) is 47.6 Å². The number of amides is 2. The molecule has 0 saturated carbocycles. The average Bonchev–Trinajstić information content (AvgIpc) is 2.25. The second-order valence-corrected chi connectivity index (χ2v) is 6.31. The summed E-state index contributed by atoms with van der Waals surface area (Å²) in [6.45, 7) is 11.1. The van der Waals surface area contributed by atoms with E-state index >= 15 is 0 Å². The van der Waals surface area contributed by atoms with Crippen molar-refractivity contribution in [1.29, 1.82) is 0 Å². The van der Waals surface area contributed by atoms with E-state index in [1.165, 1.54) is 0 Å². The molecule has 0 aliphatic rings. The van der Waals surface area contributed by atoms with Crippen LogP contribution in [-0.4, -0.2) is 17.9 Å². The highest BCUT2D eigenvalue weighted by Gasteiger charge is 2.25. The summed E-state index contributed by atoms with van der Waals surface area (Å²) in [5, 5.41) is 5.54. The van der Waals surface area contributed by atoms with E-state index in [1.807, 2.05) is 52.8 Å². The van der Waals surface area contributed by atoms with Crippen LogP contribution in [0.4, 0.5) is 5.69 Å². The van der Waals surface area contributed by atoms with E-state index in [0.717, 1.165) is 16.8 Å². The molecule has 0 aliphatic heterocycles. The molecule has 2 amide bonds. The zero-order valence-electron chi connectivity index (χ0n) is 13.1. The maximum absolute atomic E-state index is 12.1. The van der Waals surface area contributed by atoms with Gasteiger partial charge in [0.05, 0.1) is 0 Å². The zero-order valence-corrected chi connectivity index (χ0v) is 13.1. The third-order valence-electron chi connectivity index (χ3n) is 2.91. The highest BCUT2D eigenvalue weighted by Crippen LogP contribution is 2.15. The second-order valence-electron chi connectivity index (χ2n) is 6.31. The number of carbonyl (C=O) groups excluding carboxylic acids is 2. The molecule has 0 radical (unpaired) electrons. The Morgan fingerprint density at radius 2 is 1.55 bits per heavy atom. The first kappa shape index (κ1) is 16.2. The summed E-state index contributed by atoms with van der Waals surface area (Å²) in [5.41, 5.74) is 2.43. The maximum atomic E-state index is 12.1. The maximum Gasteiger partial charge on any atom is 0.246 e. The van der Waals surface area contributed by atoms with Gasteiger partial charge in [0.2, 0.25) is 11.8 Å². The van der Waals surface area contributed by atoms with Gasteiger partial charge in [0.15, 0.2) is 0 Å². The fourth-order valence-electron chi connectivity index (χ4n) is 1.78. The predicted octanol–water partition coefficient (Wildman–Crippen LogP) is 2.79.